The second kappa shape index (κ2) is 18.9. The van der Waals surface area contributed by atoms with Crippen molar-refractivity contribution in [2.45, 2.75) is 70.3 Å². The molecule has 2 aromatic heterocycles. The van der Waals surface area contributed by atoms with Crippen molar-refractivity contribution in [3.8, 4) is 6.07 Å². The number of piperidine rings is 2. The molecule has 18 heteroatoms. The quantitative estimate of drug-likeness (QED) is 0.235. The number of hydrogen-bond donors (Lipinski definition) is 2. The van der Waals surface area contributed by atoms with E-state index in [9.17, 15) is 32.3 Å². The normalized spacial score (nSPS) is 20.0. The summed E-state index contributed by atoms with van der Waals surface area (Å²) in [5.74, 6) is 1.16. The minimum atomic E-state index is -4.62. The number of imide groups is 1. The fraction of sp³-hybridized carbons (Fsp3) is 0.533. The molecule has 0 spiro atoms. The van der Waals surface area contributed by atoms with Crippen molar-refractivity contribution < 1.29 is 32.3 Å². The van der Waals surface area contributed by atoms with E-state index >= 15 is 0 Å². The number of hydrogen-bond acceptors (Lipinski definition) is 12. The monoisotopic (exact) mass is 869 g/mol. The average molecular weight is 870 g/mol. The smallest absolute Gasteiger partial charge is 0.371 e. The molecule has 7 heterocycles. The predicted molar refractivity (Wildman–Crippen MR) is 230 cm³/mol. The van der Waals surface area contributed by atoms with Crippen molar-refractivity contribution in [1.29, 1.82) is 5.26 Å². The van der Waals surface area contributed by atoms with Crippen LogP contribution in [0.2, 0.25) is 0 Å². The maximum atomic E-state index is 13.5. The number of nitriles is 1. The van der Waals surface area contributed by atoms with Crippen molar-refractivity contribution in [3.63, 3.8) is 0 Å². The van der Waals surface area contributed by atoms with Crippen LogP contribution < -0.4 is 25.3 Å². The lowest BCUT2D eigenvalue weighted by Crippen LogP contribution is -2.63. The first-order chi connectivity index (χ1) is 30.4. The summed E-state index contributed by atoms with van der Waals surface area (Å²) in [6, 6.07) is 13.4. The summed E-state index contributed by atoms with van der Waals surface area (Å²) >= 11 is 0. The number of pyridine rings is 2. The molecule has 5 aliphatic heterocycles. The number of carbonyl (C=O) groups is 4. The Kier molecular flexibility index (Phi) is 13.1. The summed E-state index contributed by atoms with van der Waals surface area (Å²) in [6.07, 6.45) is 1.40. The molecular weight excluding hydrogens is 816 g/mol. The van der Waals surface area contributed by atoms with Crippen LogP contribution in [0.3, 0.4) is 0 Å². The minimum Gasteiger partial charge on any atom is -0.371 e. The highest BCUT2D eigenvalue weighted by molar-refractivity contribution is 5.98. The summed E-state index contributed by atoms with van der Waals surface area (Å²) < 4.78 is 40.5. The second-order valence-electron chi connectivity index (χ2n) is 17.5. The van der Waals surface area contributed by atoms with Crippen molar-refractivity contribution in [2.75, 3.05) is 92.0 Å². The van der Waals surface area contributed by atoms with E-state index < -0.39 is 17.3 Å². The largest absolute Gasteiger partial charge is 0.417 e. The van der Waals surface area contributed by atoms with E-state index in [-0.39, 0.29) is 36.1 Å². The lowest BCUT2D eigenvalue weighted by molar-refractivity contribution is -0.137. The van der Waals surface area contributed by atoms with E-state index in [4.69, 9.17) is 10.2 Å². The summed E-state index contributed by atoms with van der Waals surface area (Å²) in [4.78, 5) is 71.3. The van der Waals surface area contributed by atoms with E-state index in [1.807, 2.05) is 42.3 Å². The third kappa shape index (κ3) is 10.0. The highest BCUT2D eigenvalue weighted by Crippen LogP contribution is 2.36. The zero-order chi connectivity index (χ0) is 44.3. The fourth-order valence-electron chi connectivity index (χ4n) is 9.67. The molecule has 63 heavy (non-hydrogen) atoms. The third-order valence-electron chi connectivity index (χ3n) is 13.6. The predicted octanol–water partition coefficient (Wildman–Crippen LogP) is 4.34. The Labute approximate surface area is 365 Å². The Balaban J connectivity index is 0.715. The third-order valence-corrected chi connectivity index (χ3v) is 13.6. The highest BCUT2D eigenvalue weighted by atomic mass is 19.4. The van der Waals surface area contributed by atoms with Gasteiger partial charge in [-0.1, -0.05) is 0 Å². The van der Waals surface area contributed by atoms with Crippen LogP contribution in [0.4, 0.5) is 36.2 Å². The second-order valence-corrected chi connectivity index (χ2v) is 17.5. The van der Waals surface area contributed by atoms with E-state index in [0.717, 1.165) is 95.0 Å². The molecule has 5 aliphatic rings. The van der Waals surface area contributed by atoms with Gasteiger partial charge in [-0.25, -0.2) is 9.97 Å². The lowest BCUT2D eigenvalue weighted by Gasteiger charge is -2.49. The first-order valence-corrected chi connectivity index (χ1v) is 22.0. The Bertz CT molecular complexity index is 2190. The summed E-state index contributed by atoms with van der Waals surface area (Å²) in [5, 5.41) is 14.2. The van der Waals surface area contributed by atoms with Crippen LogP contribution >= 0.6 is 0 Å². The highest BCUT2D eigenvalue weighted by Gasteiger charge is 2.38. The summed E-state index contributed by atoms with van der Waals surface area (Å²) in [7, 11) is 0. The van der Waals surface area contributed by atoms with E-state index in [1.165, 1.54) is 12.1 Å². The molecule has 4 saturated heterocycles. The average Bonchev–Trinajstić information content (AvgIpc) is 3.62. The van der Waals surface area contributed by atoms with Gasteiger partial charge in [-0.2, -0.15) is 18.4 Å². The van der Waals surface area contributed by atoms with Gasteiger partial charge in [0.25, 0.3) is 5.91 Å². The molecule has 2 N–H and O–H groups in total. The van der Waals surface area contributed by atoms with Crippen LogP contribution in [0, 0.1) is 23.2 Å². The SMILES string of the molecule is CC(CCC(=O)NC=O)N1Cc2nc(N3CCN(C4CN(CC5CCN(c6ccc(NC(=O)C7CCN(c8ccc(C#N)c(C(F)(F)F)c8)CC7)nc6)CC5)C4)CC3)ccc2C1=O. The van der Waals surface area contributed by atoms with Gasteiger partial charge in [-0.3, -0.25) is 34.3 Å². The molecule has 1 unspecified atom stereocenters. The molecule has 0 radical (unpaired) electrons. The molecule has 4 amide bonds. The number of benzene rings is 1. The van der Waals surface area contributed by atoms with Gasteiger partial charge in [-0.15, -0.1) is 0 Å². The Morgan fingerprint density at radius 3 is 2.29 bits per heavy atom. The van der Waals surface area contributed by atoms with Crippen LogP contribution in [-0.2, 0) is 27.1 Å². The maximum Gasteiger partial charge on any atom is 0.417 e. The molecular formula is C45H54F3N11O4. The first-order valence-electron chi connectivity index (χ1n) is 22.0. The van der Waals surface area contributed by atoms with Gasteiger partial charge in [0.1, 0.15) is 11.6 Å². The van der Waals surface area contributed by atoms with Crippen LogP contribution in [0.25, 0.3) is 0 Å². The van der Waals surface area contributed by atoms with Gasteiger partial charge in [0.05, 0.1) is 46.9 Å². The molecule has 0 aliphatic carbocycles. The van der Waals surface area contributed by atoms with Crippen LogP contribution in [0.15, 0.2) is 48.7 Å². The molecule has 15 nitrogen and oxygen atoms in total. The first kappa shape index (κ1) is 43.8. The van der Waals surface area contributed by atoms with E-state index in [0.29, 0.717) is 74.3 Å². The number of likely N-dealkylation sites (tertiary alicyclic amines) is 1. The number of rotatable bonds is 13. The van der Waals surface area contributed by atoms with Crippen molar-refractivity contribution in [3.05, 3.63) is 71.0 Å². The molecule has 1 aromatic carbocycles. The molecule has 334 valence electrons. The van der Waals surface area contributed by atoms with Gasteiger partial charge in [0, 0.05) is 102 Å². The number of anilines is 4. The number of fused-ring (bicyclic) bond motifs is 1. The molecule has 0 bridgehead atoms. The Morgan fingerprint density at radius 1 is 0.921 bits per heavy atom. The number of halogens is 3. The van der Waals surface area contributed by atoms with Crippen LogP contribution in [0.5, 0.6) is 0 Å². The minimum absolute atomic E-state index is 0.0695. The lowest BCUT2D eigenvalue weighted by atomic mass is 9.93. The topological polar surface area (TPSA) is 161 Å². The molecule has 3 aromatic rings. The number of piperazine rings is 1. The molecule has 4 fully saturated rings. The van der Waals surface area contributed by atoms with Gasteiger partial charge in [0.2, 0.25) is 18.2 Å². The zero-order valence-electron chi connectivity index (χ0n) is 35.5. The van der Waals surface area contributed by atoms with Crippen LogP contribution in [-0.4, -0.2) is 133 Å². The number of nitrogens with one attached hydrogen (secondary N) is 2. The fourth-order valence-corrected chi connectivity index (χ4v) is 9.67. The summed E-state index contributed by atoms with van der Waals surface area (Å²) in [6.45, 7) is 12.1. The molecule has 8 rings (SSSR count). The van der Waals surface area contributed by atoms with Gasteiger partial charge in [-0.05, 0) is 87.4 Å². The Morgan fingerprint density at radius 2 is 1.62 bits per heavy atom. The standard InChI is InChI=1S/C45H54F3N11O4/c1-30(2-9-42(61)51-29-60)59-28-39-37(44(59)63)6-8-41(52-39)58-20-18-57(19-21-58)36-26-54(27-36)25-31-10-14-56(15-11-31)35-5-7-40(50-24-35)53-43(62)32-12-16-55(17-13-32)34-4-3-33(23-49)38(22-34)45(46,47)48/h3-8,22,24,29-32,36H,2,9-21,25-28H2,1H3,(H,50,53,62)(H,51,60,61). The number of amides is 4. The van der Waals surface area contributed by atoms with Crippen molar-refractivity contribution in [2.24, 2.45) is 11.8 Å². The number of aromatic nitrogens is 2. The molecule has 1 atom stereocenters. The number of alkyl halides is 3. The van der Waals surface area contributed by atoms with Crippen LogP contribution in [0.1, 0.15) is 72.6 Å². The van der Waals surface area contributed by atoms with Crippen molar-refractivity contribution in [1.82, 2.24) is 30.0 Å². The number of nitrogens with zero attached hydrogens (tertiary/aromatic N) is 9. The zero-order valence-corrected chi connectivity index (χ0v) is 35.5. The van der Waals surface area contributed by atoms with E-state index in [2.05, 4.69) is 35.2 Å². The Hall–Kier alpha value is -5.80. The molecule has 0 saturated carbocycles. The number of carbonyl (C=O) groups excluding carboxylic acids is 4. The van der Waals surface area contributed by atoms with Gasteiger partial charge >= 0.3 is 6.18 Å². The van der Waals surface area contributed by atoms with Gasteiger partial charge in [0.15, 0.2) is 0 Å². The summed E-state index contributed by atoms with van der Waals surface area (Å²) in [5.41, 5.74) is 1.46. The van der Waals surface area contributed by atoms with E-state index in [1.54, 1.807) is 11.0 Å². The van der Waals surface area contributed by atoms with Crippen molar-refractivity contribution >= 4 is 47.1 Å². The maximum absolute atomic E-state index is 13.5. The van der Waals surface area contributed by atoms with Gasteiger partial charge < -0.3 is 24.9 Å².